The van der Waals surface area contributed by atoms with E-state index in [1.165, 1.54) is 37.7 Å². The van der Waals surface area contributed by atoms with Crippen LogP contribution in [0.15, 0.2) is 30.9 Å². The lowest BCUT2D eigenvalue weighted by atomic mass is 9.87. The third-order valence-electron chi connectivity index (χ3n) is 4.93. The first-order valence-electron chi connectivity index (χ1n) is 8.69. The van der Waals surface area contributed by atoms with Crippen LogP contribution in [0, 0.1) is 5.92 Å². The molecule has 0 saturated heterocycles. The van der Waals surface area contributed by atoms with E-state index >= 15 is 0 Å². The normalized spacial score (nSPS) is 15.9. The zero-order chi connectivity index (χ0) is 16.4. The molecular weight excluding hydrogens is 320 g/mol. The van der Waals surface area contributed by atoms with E-state index in [2.05, 4.69) is 19.9 Å². The molecule has 0 bridgehead atoms. The molecule has 0 spiro atoms. The van der Waals surface area contributed by atoms with Gasteiger partial charge in [-0.05, 0) is 23.1 Å². The summed E-state index contributed by atoms with van der Waals surface area (Å²) in [5, 5.41) is 1.72. The number of pyridine rings is 1. The van der Waals surface area contributed by atoms with Crippen molar-refractivity contribution < 1.29 is 0 Å². The van der Waals surface area contributed by atoms with Gasteiger partial charge in [0.2, 0.25) is 0 Å². The van der Waals surface area contributed by atoms with Gasteiger partial charge in [0.15, 0.2) is 0 Å². The van der Waals surface area contributed by atoms with Gasteiger partial charge in [0.1, 0.15) is 11.5 Å². The summed E-state index contributed by atoms with van der Waals surface area (Å²) in [5.74, 6) is 1.75. The van der Waals surface area contributed by atoms with Crippen LogP contribution in [-0.2, 0) is 12.8 Å². The second kappa shape index (κ2) is 6.89. The van der Waals surface area contributed by atoms with Gasteiger partial charge in [-0.2, -0.15) is 0 Å². The molecule has 0 unspecified atom stereocenters. The van der Waals surface area contributed by atoms with E-state index in [1.54, 1.807) is 6.20 Å². The molecule has 4 nitrogen and oxygen atoms in total. The highest BCUT2D eigenvalue weighted by atomic mass is 35.5. The second-order valence-corrected chi connectivity index (χ2v) is 7.19. The summed E-state index contributed by atoms with van der Waals surface area (Å²) in [7, 11) is 0. The van der Waals surface area contributed by atoms with E-state index < -0.39 is 0 Å². The highest BCUT2D eigenvalue weighted by Crippen LogP contribution is 2.26. The summed E-state index contributed by atoms with van der Waals surface area (Å²) in [6.07, 6.45) is 16.1. The van der Waals surface area contributed by atoms with Crippen molar-refractivity contribution in [2.75, 3.05) is 0 Å². The number of nitrogens with zero attached hydrogens (tertiary/aromatic N) is 3. The summed E-state index contributed by atoms with van der Waals surface area (Å²) in [5.41, 5.74) is 3.15. The van der Waals surface area contributed by atoms with Crippen LogP contribution in [0.4, 0.5) is 0 Å². The molecular formula is C19H21ClN4. The van der Waals surface area contributed by atoms with Gasteiger partial charge in [0, 0.05) is 43.0 Å². The molecule has 0 atom stereocenters. The predicted molar refractivity (Wildman–Crippen MR) is 96.2 cm³/mol. The number of aromatic nitrogens is 4. The van der Waals surface area contributed by atoms with Crippen molar-refractivity contribution >= 4 is 22.6 Å². The largest absolute Gasteiger partial charge is 0.346 e. The molecule has 1 aliphatic carbocycles. The maximum atomic E-state index is 6.06. The Morgan fingerprint density at radius 2 is 1.83 bits per heavy atom. The molecule has 0 amide bonds. The SMILES string of the molecule is Clc1cnc2[nH]cc(Cc3cnc(CC4CCCCC4)nc3)c2c1. The third kappa shape index (κ3) is 3.44. The van der Waals surface area contributed by atoms with Gasteiger partial charge in [0.25, 0.3) is 0 Å². The van der Waals surface area contributed by atoms with Crippen molar-refractivity contribution in [3.8, 4) is 0 Å². The van der Waals surface area contributed by atoms with Gasteiger partial charge in [-0.1, -0.05) is 43.7 Å². The van der Waals surface area contributed by atoms with Crippen LogP contribution in [0.2, 0.25) is 5.02 Å². The molecule has 24 heavy (non-hydrogen) atoms. The fourth-order valence-corrected chi connectivity index (χ4v) is 3.78. The van der Waals surface area contributed by atoms with Crippen molar-refractivity contribution in [3.63, 3.8) is 0 Å². The van der Waals surface area contributed by atoms with Crippen LogP contribution < -0.4 is 0 Å². The number of hydrogen-bond donors (Lipinski definition) is 1. The van der Waals surface area contributed by atoms with Gasteiger partial charge < -0.3 is 4.98 Å². The lowest BCUT2D eigenvalue weighted by Gasteiger charge is -2.20. The molecule has 0 aromatic carbocycles. The molecule has 1 aliphatic rings. The molecule has 4 rings (SSSR count). The molecule has 1 N–H and O–H groups in total. The van der Waals surface area contributed by atoms with Crippen molar-refractivity contribution in [3.05, 3.63) is 52.8 Å². The smallest absolute Gasteiger partial charge is 0.137 e. The first-order chi connectivity index (χ1) is 11.8. The highest BCUT2D eigenvalue weighted by molar-refractivity contribution is 6.31. The zero-order valence-electron chi connectivity index (χ0n) is 13.6. The maximum absolute atomic E-state index is 6.06. The summed E-state index contributed by atoms with van der Waals surface area (Å²) >= 11 is 6.06. The first-order valence-corrected chi connectivity index (χ1v) is 9.07. The third-order valence-corrected chi connectivity index (χ3v) is 5.14. The van der Waals surface area contributed by atoms with Crippen LogP contribution in [0.25, 0.3) is 11.0 Å². The summed E-state index contributed by atoms with van der Waals surface area (Å²) in [6.45, 7) is 0. The highest BCUT2D eigenvalue weighted by Gasteiger charge is 2.15. The van der Waals surface area contributed by atoms with Crippen LogP contribution in [0.1, 0.15) is 49.1 Å². The van der Waals surface area contributed by atoms with Crippen molar-refractivity contribution in [2.45, 2.75) is 44.9 Å². The topological polar surface area (TPSA) is 54.5 Å². The number of fused-ring (bicyclic) bond motifs is 1. The minimum absolute atomic E-state index is 0.655. The number of nitrogens with one attached hydrogen (secondary N) is 1. The Hall–Kier alpha value is -1.94. The average molecular weight is 341 g/mol. The molecule has 1 fully saturated rings. The van der Waals surface area contributed by atoms with E-state index in [1.807, 2.05) is 24.7 Å². The minimum atomic E-state index is 0.655. The Bertz CT molecular complexity index is 819. The predicted octanol–water partition coefficient (Wildman–Crippen LogP) is 4.72. The lowest BCUT2D eigenvalue weighted by Crippen LogP contribution is -2.11. The van der Waals surface area contributed by atoms with Gasteiger partial charge >= 0.3 is 0 Å². The second-order valence-electron chi connectivity index (χ2n) is 6.76. The Morgan fingerprint density at radius 1 is 1.04 bits per heavy atom. The molecule has 3 aromatic rings. The number of hydrogen-bond acceptors (Lipinski definition) is 3. The van der Waals surface area contributed by atoms with Gasteiger partial charge in [0.05, 0.1) is 5.02 Å². The number of aromatic amines is 1. The van der Waals surface area contributed by atoms with Crippen molar-refractivity contribution in [1.82, 2.24) is 19.9 Å². The Kier molecular flexibility index (Phi) is 4.48. The van der Waals surface area contributed by atoms with Crippen LogP contribution in [0.3, 0.4) is 0 Å². The van der Waals surface area contributed by atoms with Crippen LogP contribution in [0.5, 0.6) is 0 Å². The monoisotopic (exact) mass is 340 g/mol. The molecule has 0 aliphatic heterocycles. The van der Waals surface area contributed by atoms with E-state index in [0.717, 1.165) is 41.2 Å². The fourth-order valence-electron chi connectivity index (χ4n) is 3.63. The van der Waals surface area contributed by atoms with E-state index in [-0.39, 0.29) is 0 Å². The van der Waals surface area contributed by atoms with Crippen LogP contribution >= 0.6 is 11.6 Å². The van der Waals surface area contributed by atoms with Gasteiger partial charge in [-0.3, -0.25) is 0 Å². The van der Waals surface area contributed by atoms with E-state index in [9.17, 15) is 0 Å². The molecule has 1 saturated carbocycles. The molecule has 3 aromatic heterocycles. The Morgan fingerprint density at radius 3 is 2.62 bits per heavy atom. The summed E-state index contributed by atoms with van der Waals surface area (Å²) in [4.78, 5) is 16.7. The van der Waals surface area contributed by atoms with E-state index in [0.29, 0.717) is 5.02 Å². The summed E-state index contributed by atoms with van der Waals surface area (Å²) in [6, 6.07) is 1.95. The standard InChI is InChI=1S/C19H21ClN4/c20-16-8-17-15(11-23-19(17)24-12-16)6-14-9-21-18(22-10-14)7-13-4-2-1-3-5-13/h8-13H,1-7H2,(H,23,24). The maximum Gasteiger partial charge on any atom is 0.137 e. The number of rotatable bonds is 4. The minimum Gasteiger partial charge on any atom is -0.346 e. The summed E-state index contributed by atoms with van der Waals surface area (Å²) < 4.78 is 0. The van der Waals surface area contributed by atoms with Crippen LogP contribution in [-0.4, -0.2) is 19.9 Å². The molecule has 3 heterocycles. The molecule has 5 heteroatoms. The molecule has 124 valence electrons. The fraction of sp³-hybridized carbons (Fsp3) is 0.421. The Balaban J connectivity index is 1.47. The van der Waals surface area contributed by atoms with Crippen molar-refractivity contribution in [2.24, 2.45) is 5.92 Å². The van der Waals surface area contributed by atoms with Gasteiger partial charge in [-0.25, -0.2) is 15.0 Å². The lowest BCUT2D eigenvalue weighted by molar-refractivity contribution is 0.351. The zero-order valence-corrected chi connectivity index (χ0v) is 14.4. The van der Waals surface area contributed by atoms with Gasteiger partial charge in [-0.15, -0.1) is 0 Å². The average Bonchev–Trinajstić information content (AvgIpc) is 3.00. The van der Waals surface area contributed by atoms with Crippen molar-refractivity contribution in [1.29, 1.82) is 0 Å². The molecule has 0 radical (unpaired) electrons. The number of H-pyrrole nitrogens is 1. The van der Waals surface area contributed by atoms with E-state index in [4.69, 9.17) is 11.6 Å². The number of halogens is 1. The first kappa shape index (κ1) is 15.6. The quantitative estimate of drug-likeness (QED) is 0.747. The Labute approximate surface area is 146 Å².